The maximum absolute atomic E-state index is 14.1. The third-order valence-corrected chi connectivity index (χ3v) is 5.73. The Morgan fingerprint density at radius 2 is 2.10 bits per heavy atom. The first-order valence-electron chi connectivity index (χ1n) is 10.6. The zero-order valence-electron chi connectivity index (χ0n) is 17.1. The summed E-state index contributed by atoms with van der Waals surface area (Å²) in [6.07, 6.45) is 6.50. The molecule has 1 amide bonds. The quantitative estimate of drug-likeness (QED) is 0.589. The third-order valence-electron chi connectivity index (χ3n) is 5.73. The minimum Gasteiger partial charge on any atom is -0.357 e. The Morgan fingerprint density at radius 1 is 1.31 bits per heavy atom. The lowest BCUT2D eigenvalue weighted by Crippen LogP contribution is -2.45. The number of guanidine groups is 1. The van der Waals surface area contributed by atoms with Crippen LogP contribution in [0.25, 0.3) is 0 Å². The molecule has 1 heterocycles. The van der Waals surface area contributed by atoms with Crippen molar-refractivity contribution in [3.05, 3.63) is 35.1 Å². The number of halogens is 1. The zero-order chi connectivity index (χ0) is 20.6. The van der Waals surface area contributed by atoms with E-state index in [1.807, 2.05) is 17.9 Å². The molecule has 2 N–H and O–H groups in total. The molecule has 6 nitrogen and oxygen atoms in total. The maximum Gasteiger partial charge on any atom is 0.225 e. The Hall–Kier alpha value is -2.62. The minimum absolute atomic E-state index is 0.145. The van der Waals surface area contributed by atoms with Gasteiger partial charge < -0.3 is 15.5 Å². The highest BCUT2D eigenvalue weighted by atomic mass is 19.1. The Kier molecular flexibility index (Phi) is 7.45. The van der Waals surface area contributed by atoms with E-state index in [1.165, 1.54) is 12.5 Å². The van der Waals surface area contributed by atoms with Crippen molar-refractivity contribution in [1.29, 1.82) is 5.26 Å². The first-order valence-corrected chi connectivity index (χ1v) is 10.6. The van der Waals surface area contributed by atoms with Crippen LogP contribution in [0.3, 0.4) is 0 Å². The standard InChI is InChI=1S/C22H30FN5O/c1-2-25-22(26-14-18-9-8-16(13-24)12-20(18)23)27-19-10-11-28(15-19)21(29)17-6-4-3-5-7-17/h8-9,12,17,19H,2-7,10-11,14-15H2,1H3,(H2,25,26,27). The molecule has 0 radical (unpaired) electrons. The highest BCUT2D eigenvalue weighted by Gasteiger charge is 2.31. The van der Waals surface area contributed by atoms with Gasteiger partial charge in [0.2, 0.25) is 5.91 Å². The van der Waals surface area contributed by atoms with Gasteiger partial charge in [-0.05, 0) is 38.3 Å². The number of nitrogens with one attached hydrogen (secondary N) is 2. The molecule has 29 heavy (non-hydrogen) atoms. The molecule has 2 aliphatic rings. The Bertz CT molecular complexity index is 782. The lowest BCUT2D eigenvalue weighted by atomic mass is 9.88. The van der Waals surface area contributed by atoms with Crippen LogP contribution < -0.4 is 10.6 Å². The number of likely N-dealkylation sites (tertiary alicyclic amines) is 1. The van der Waals surface area contributed by atoms with Gasteiger partial charge in [-0.1, -0.05) is 25.3 Å². The lowest BCUT2D eigenvalue weighted by Gasteiger charge is -2.26. The fourth-order valence-corrected chi connectivity index (χ4v) is 4.11. The number of aliphatic imine (C=N–C) groups is 1. The number of carbonyl (C=O) groups excluding carboxylic acids is 1. The van der Waals surface area contributed by atoms with E-state index in [0.29, 0.717) is 36.1 Å². The molecule has 1 aromatic rings. The molecule has 1 unspecified atom stereocenters. The summed E-state index contributed by atoms with van der Waals surface area (Å²) < 4.78 is 14.1. The normalized spacial score (nSPS) is 20.4. The van der Waals surface area contributed by atoms with Gasteiger partial charge in [-0.3, -0.25) is 4.79 Å². The second-order valence-electron chi connectivity index (χ2n) is 7.86. The SMILES string of the molecule is CCNC(=NCc1ccc(C#N)cc1F)NC1CCN(C(=O)C2CCCCC2)C1. The number of hydrogen-bond acceptors (Lipinski definition) is 3. The van der Waals surface area contributed by atoms with Crippen molar-refractivity contribution in [2.24, 2.45) is 10.9 Å². The van der Waals surface area contributed by atoms with E-state index in [-0.39, 0.29) is 18.5 Å². The molecule has 1 aliphatic heterocycles. The van der Waals surface area contributed by atoms with Gasteiger partial charge in [0.25, 0.3) is 0 Å². The average Bonchev–Trinajstić information content (AvgIpc) is 3.21. The molecule has 1 aliphatic carbocycles. The van der Waals surface area contributed by atoms with Crippen molar-refractivity contribution in [3.63, 3.8) is 0 Å². The van der Waals surface area contributed by atoms with E-state index in [9.17, 15) is 9.18 Å². The summed E-state index contributed by atoms with van der Waals surface area (Å²) in [6.45, 7) is 4.32. The van der Waals surface area contributed by atoms with Crippen molar-refractivity contribution in [1.82, 2.24) is 15.5 Å². The van der Waals surface area contributed by atoms with Crippen LogP contribution in [-0.2, 0) is 11.3 Å². The topological polar surface area (TPSA) is 80.5 Å². The van der Waals surface area contributed by atoms with Crippen molar-refractivity contribution in [2.75, 3.05) is 19.6 Å². The Balaban J connectivity index is 1.57. The van der Waals surface area contributed by atoms with Crippen LogP contribution >= 0.6 is 0 Å². The van der Waals surface area contributed by atoms with Gasteiger partial charge in [0.15, 0.2) is 5.96 Å². The van der Waals surface area contributed by atoms with E-state index in [2.05, 4.69) is 15.6 Å². The molecule has 0 bridgehead atoms. The van der Waals surface area contributed by atoms with Crippen molar-refractivity contribution < 1.29 is 9.18 Å². The van der Waals surface area contributed by atoms with Crippen molar-refractivity contribution in [3.8, 4) is 6.07 Å². The molecule has 0 aromatic heterocycles. The number of nitriles is 1. The van der Waals surface area contributed by atoms with Crippen molar-refractivity contribution in [2.45, 2.75) is 58.0 Å². The van der Waals surface area contributed by atoms with Gasteiger partial charge >= 0.3 is 0 Å². The fraction of sp³-hybridized carbons (Fsp3) is 0.591. The van der Waals surface area contributed by atoms with Crippen LogP contribution in [-0.4, -0.2) is 42.4 Å². The molecule has 7 heteroatoms. The summed E-state index contributed by atoms with van der Waals surface area (Å²) in [6, 6.07) is 6.51. The number of nitrogens with zero attached hydrogens (tertiary/aromatic N) is 3. The number of benzene rings is 1. The molecular formula is C22H30FN5O. The first-order chi connectivity index (χ1) is 14.1. The summed E-state index contributed by atoms with van der Waals surface area (Å²) in [4.78, 5) is 19.2. The Labute approximate surface area is 172 Å². The van der Waals surface area contributed by atoms with Crippen LogP contribution in [0.1, 0.15) is 56.6 Å². The van der Waals surface area contributed by atoms with Gasteiger partial charge in [0.1, 0.15) is 5.82 Å². The second kappa shape index (κ2) is 10.2. The highest BCUT2D eigenvalue weighted by molar-refractivity contribution is 5.81. The molecule has 2 fully saturated rings. The average molecular weight is 400 g/mol. The molecule has 3 rings (SSSR count). The summed E-state index contributed by atoms with van der Waals surface area (Å²) >= 11 is 0. The first kappa shape index (κ1) is 21.1. The summed E-state index contributed by atoms with van der Waals surface area (Å²) in [5, 5.41) is 15.4. The van der Waals surface area contributed by atoms with E-state index in [4.69, 9.17) is 5.26 Å². The molecule has 1 saturated heterocycles. The smallest absolute Gasteiger partial charge is 0.225 e. The number of amides is 1. The predicted molar refractivity (Wildman–Crippen MR) is 111 cm³/mol. The largest absolute Gasteiger partial charge is 0.357 e. The maximum atomic E-state index is 14.1. The molecule has 0 spiro atoms. The number of carbonyl (C=O) groups is 1. The van der Waals surface area contributed by atoms with Gasteiger partial charge in [0, 0.05) is 37.2 Å². The fourth-order valence-electron chi connectivity index (χ4n) is 4.11. The van der Waals surface area contributed by atoms with Crippen LogP contribution in [0, 0.1) is 23.1 Å². The van der Waals surface area contributed by atoms with Crippen LogP contribution in [0.5, 0.6) is 0 Å². The molecule has 1 aromatic carbocycles. The summed E-state index contributed by atoms with van der Waals surface area (Å²) in [5.41, 5.74) is 0.746. The van der Waals surface area contributed by atoms with Crippen molar-refractivity contribution >= 4 is 11.9 Å². The third kappa shape index (κ3) is 5.69. The zero-order valence-corrected chi connectivity index (χ0v) is 17.1. The van der Waals surface area contributed by atoms with E-state index >= 15 is 0 Å². The highest BCUT2D eigenvalue weighted by Crippen LogP contribution is 2.26. The van der Waals surface area contributed by atoms with Gasteiger partial charge in [0.05, 0.1) is 18.2 Å². The van der Waals surface area contributed by atoms with E-state index in [0.717, 1.165) is 38.6 Å². The monoisotopic (exact) mass is 399 g/mol. The number of rotatable bonds is 5. The van der Waals surface area contributed by atoms with Gasteiger partial charge in [-0.15, -0.1) is 0 Å². The molecule has 156 valence electrons. The van der Waals surface area contributed by atoms with Gasteiger partial charge in [-0.25, -0.2) is 9.38 Å². The van der Waals surface area contributed by atoms with E-state index < -0.39 is 5.82 Å². The molecule has 1 atom stereocenters. The van der Waals surface area contributed by atoms with Gasteiger partial charge in [-0.2, -0.15) is 5.26 Å². The minimum atomic E-state index is -0.422. The molecule has 1 saturated carbocycles. The Morgan fingerprint density at radius 3 is 2.79 bits per heavy atom. The second-order valence-corrected chi connectivity index (χ2v) is 7.86. The van der Waals surface area contributed by atoms with Crippen LogP contribution in [0.4, 0.5) is 4.39 Å². The summed E-state index contributed by atoms with van der Waals surface area (Å²) in [7, 11) is 0. The predicted octanol–water partition coefficient (Wildman–Crippen LogP) is 2.93. The van der Waals surface area contributed by atoms with Crippen LogP contribution in [0.15, 0.2) is 23.2 Å². The van der Waals surface area contributed by atoms with Crippen LogP contribution in [0.2, 0.25) is 0 Å². The summed E-state index contributed by atoms with van der Waals surface area (Å²) in [5.74, 6) is 0.696. The lowest BCUT2D eigenvalue weighted by molar-refractivity contribution is -0.135. The number of hydrogen-bond donors (Lipinski definition) is 2. The molecular weight excluding hydrogens is 369 g/mol. The van der Waals surface area contributed by atoms with E-state index in [1.54, 1.807) is 12.1 Å².